The Bertz CT molecular complexity index is 378. The van der Waals surface area contributed by atoms with Gasteiger partial charge >= 0.3 is 0 Å². The molecule has 108 valence electrons. The minimum Gasteiger partial charge on any atom is -0.387 e. The van der Waals surface area contributed by atoms with Crippen LogP contribution in [0.2, 0.25) is 0 Å². The molecule has 1 unspecified atom stereocenters. The molecule has 1 rings (SSSR count). The van der Waals surface area contributed by atoms with E-state index >= 15 is 0 Å². The van der Waals surface area contributed by atoms with E-state index in [2.05, 4.69) is 11.4 Å². The summed E-state index contributed by atoms with van der Waals surface area (Å²) in [5.74, 6) is 1.26. The molecule has 0 aliphatic rings. The number of nitrogens with one attached hydrogen (secondary N) is 1. The second kappa shape index (κ2) is 7.89. The second-order valence-electron chi connectivity index (χ2n) is 5.08. The van der Waals surface area contributed by atoms with E-state index in [1.165, 1.54) is 4.88 Å². The highest BCUT2D eigenvalue weighted by molar-refractivity contribution is 7.99. The van der Waals surface area contributed by atoms with Gasteiger partial charge in [0.2, 0.25) is 5.91 Å². The highest BCUT2D eigenvalue weighted by atomic mass is 32.2. The van der Waals surface area contributed by atoms with Crippen molar-refractivity contribution in [2.45, 2.75) is 18.3 Å². The topological polar surface area (TPSA) is 52.6 Å². The number of nitrogens with zero attached hydrogens (tertiary/aromatic N) is 1. The first-order chi connectivity index (χ1) is 8.89. The third-order valence-corrected chi connectivity index (χ3v) is 4.42. The molecule has 2 N–H and O–H groups in total. The van der Waals surface area contributed by atoms with Crippen molar-refractivity contribution in [3.63, 3.8) is 0 Å². The number of aliphatic hydroxyl groups is 1. The Morgan fingerprint density at radius 1 is 1.58 bits per heavy atom. The van der Waals surface area contributed by atoms with Crippen molar-refractivity contribution in [1.29, 1.82) is 0 Å². The number of carbonyl (C=O) groups is 1. The molecule has 0 fully saturated rings. The van der Waals surface area contributed by atoms with E-state index in [9.17, 15) is 9.90 Å². The molecule has 0 saturated heterocycles. The summed E-state index contributed by atoms with van der Waals surface area (Å²) in [5, 5.41) is 14.9. The molecule has 0 saturated carbocycles. The van der Waals surface area contributed by atoms with Gasteiger partial charge in [-0.1, -0.05) is 6.07 Å². The van der Waals surface area contributed by atoms with Crippen molar-refractivity contribution in [1.82, 2.24) is 10.2 Å². The summed E-state index contributed by atoms with van der Waals surface area (Å²) in [4.78, 5) is 14.8. The monoisotopic (exact) mass is 302 g/mol. The van der Waals surface area contributed by atoms with Crippen LogP contribution in [-0.2, 0) is 10.5 Å². The molecule has 1 aromatic heterocycles. The van der Waals surface area contributed by atoms with Gasteiger partial charge in [0.25, 0.3) is 0 Å². The normalized spacial score (nSPS) is 14.4. The summed E-state index contributed by atoms with van der Waals surface area (Å²) in [6.45, 7) is 2.53. The molecule has 1 atom stereocenters. The van der Waals surface area contributed by atoms with E-state index in [-0.39, 0.29) is 12.5 Å². The van der Waals surface area contributed by atoms with Crippen molar-refractivity contribution in [2.24, 2.45) is 0 Å². The maximum absolute atomic E-state index is 11.7. The lowest BCUT2D eigenvalue weighted by Gasteiger charge is -2.27. The van der Waals surface area contributed by atoms with Gasteiger partial charge in [-0.3, -0.25) is 4.79 Å². The molecular weight excluding hydrogens is 280 g/mol. The van der Waals surface area contributed by atoms with Crippen LogP contribution in [0.1, 0.15) is 11.8 Å². The van der Waals surface area contributed by atoms with Crippen LogP contribution in [0.3, 0.4) is 0 Å². The zero-order chi connectivity index (χ0) is 14.3. The minimum atomic E-state index is -0.891. The lowest BCUT2D eigenvalue weighted by atomic mass is 10.1. The Morgan fingerprint density at radius 2 is 2.32 bits per heavy atom. The summed E-state index contributed by atoms with van der Waals surface area (Å²) < 4.78 is 0. The van der Waals surface area contributed by atoms with Gasteiger partial charge in [0.05, 0.1) is 11.4 Å². The number of carbonyl (C=O) groups excluding carboxylic acids is 1. The van der Waals surface area contributed by atoms with Gasteiger partial charge in [-0.2, -0.15) is 0 Å². The standard InChI is InChI=1S/C13H22N2O2S2/c1-13(17,10-15(2)3)9-14-12(16)8-18-7-11-5-4-6-19-11/h4-6,17H,7-10H2,1-3H3,(H,14,16). The maximum atomic E-state index is 11.7. The van der Waals surface area contributed by atoms with Crippen LogP contribution < -0.4 is 5.32 Å². The molecule has 0 aliphatic heterocycles. The van der Waals surface area contributed by atoms with E-state index in [0.717, 1.165) is 5.75 Å². The SMILES string of the molecule is CN(C)CC(C)(O)CNC(=O)CSCc1cccs1. The van der Waals surface area contributed by atoms with Gasteiger partial charge in [0, 0.05) is 23.7 Å². The predicted octanol–water partition coefficient (Wildman–Crippen LogP) is 1.41. The van der Waals surface area contributed by atoms with E-state index in [4.69, 9.17) is 0 Å². The van der Waals surface area contributed by atoms with Crippen LogP contribution in [0.25, 0.3) is 0 Å². The van der Waals surface area contributed by atoms with Crippen molar-refractivity contribution in [2.75, 3.05) is 32.9 Å². The number of thiophene rings is 1. The molecule has 6 heteroatoms. The number of likely N-dealkylation sites (N-methyl/N-ethyl adjacent to an activating group) is 1. The first-order valence-corrected chi connectivity index (χ1v) is 8.16. The fourth-order valence-electron chi connectivity index (χ4n) is 1.72. The van der Waals surface area contributed by atoms with Crippen molar-refractivity contribution < 1.29 is 9.90 Å². The Balaban J connectivity index is 2.17. The van der Waals surface area contributed by atoms with Crippen LogP contribution in [0.4, 0.5) is 0 Å². The first-order valence-electron chi connectivity index (χ1n) is 6.13. The highest BCUT2D eigenvalue weighted by Crippen LogP contribution is 2.16. The van der Waals surface area contributed by atoms with Crippen LogP contribution >= 0.6 is 23.1 Å². The smallest absolute Gasteiger partial charge is 0.230 e. The van der Waals surface area contributed by atoms with Gasteiger partial charge in [-0.15, -0.1) is 23.1 Å². The lowest BCUT2D eigenvalue weighted by molar-refractivity contribution is -0.119. The molecule has 4 nitrogen and oxygen atoms in total. The molecule has 0 radical (unpaired) electrons. The quantitative estimate of drug-likeness (QED) is 0.762. The largest absolute Gasteiger partial charge is 0.387 e. The Labute approximate surface area is 123 Å². The zero-order valence-electron chi connectivity index (χ0n) is 11.7. The number of thioether (sulfide) groups is 1. The summed E-state index contributed by atoms with van der Waals surface area (Å²) in [6.07, 6.45) is 0. The molecule has 0 spiro atoms. The maximum Gasteiger partial charge on any atom is 0.230 e. The summed E-state index contributed by atoms with van der Waals surface area (Å²) in [7, 11) is 3.79. The number of hydrogen-bond donors (Lipinski definition) is 2. The highest BCUT2D eigenvalue weighted by Gasteiger charge is 2.21. The molecule has 19 heavy (non-hydrogen) atoms. The third-order valence-electron chi connectivity index (χ3n) is 2.38. The first kappa shape index (κ1) is 16.5. The van der Waals surface area contributed by atoms with Gasteiger partial charge < -0.3 is 15.3 Å². The van der Waals surface area contributed by atoms with Crippen molar-refractivity contribution in [3.05, 3.63) is 22.4 Å². The number of amides is 1. The molecule has 1 aromatic rings. The lowest BCUT2D eigenvalue weighted by Crippen LogP contribution is -2.47. The number of hydrogen-bond acceptors (Lipinski definition) is 5. The second-order valence-corrected chi connectivity index (χ2v) is 7.10. The van der Waals surface area contributed by atoms with Gasteiger partial charge in [-0.25, -0.2) is 0 Å². The molecule has 1 amide bonds. The summed E-state index contributed by atoms with van der Waals surface area (Å²) in [6, 6.07) is 4.08. The Hall–Kier alpha value is -0.560. The molecule has 0 aromatic carbocycles. The van der Waals surface area contributed by atoms with Crippen LogP contribution in [0.15, 0.2) is 17.5 Å². The van der Waals surface area contributed by atoms with E-state index in [1.807, 2.05) is 30.4 Å². The summed E-state index contributed by atoms with van der Waals surface area (Å²) in [5.41, 5.74) is -0.891. The molecule has 0 aliphatic carbocycles. The Morgan fingerprint density at radius 3 is 2.89 bits per heavy atom. The third kappa shape index (κ3) is 7.57. The molecule has 0 bridgehead atoms. The number of rotatable bonds is 8. The van der Waals surface area contributed by atoms with Crippen molar-refractivity contribution in [3.8, 4) is 0 Å². The van der Waals surface area contributed by atoms with Gasteiger partial charge in [0.15, 0.2) is 0 Å². The van der Waals surface area contributed by atoms with Crippen LogP contribution in [0.5, 0.6) is 0 Å². The fraction of sp³-hybridized carbons (Fsp3) is 0.615. The van der Waals surface area contributed by atoms with Crippen LogP contribution in [0, 0.1) is 0 Å². The van der Waals surface area contributed by atoms with E-state index in [0.29, 0.717) is 12.3 Å². The van der Waals surface area contributed by atoms with E-state index in [1.54, 1.807) is 30.0 Å². The predicted molar refractivity (Wildman–Crippen MR) is 82.7 cm³/mol. The molecular formula is C13H22N2O2S2. The van der Waals surface area contributed by atoms with Crippen LogP contribution in [-0.4, -0.2) is 54.5 Å². The van der Waals surface area contributed by atoms with Crippen molar-refractivity contribution >= 4 is 29.0 Å². The fourth-order valence-corrected chi connectivity index (χ4v) is 3.41. The van der Waals surface area contributed by atoms with Gasteiger partial charge in [0.1, 0.15) is 0 Å². The Kier molecular flexibility index (Phi) is 6.85. The molecule has 1 heterocycles. The summed E-state index contributed by atoms with van der Waals surface area (Å²) >= 11 is 3.29. The average Bonchev–Trinajstić information content (AvgIpc) is 2.78. The average molecular weight is 302 g/mol. The minimum absolute atomic E-state index is 0.0272. The van der Waals surface area contributed by atoms with Gasteiger partial charge in [-0.05, 0) is 32.5 Å². The van der Waals surface area contributed by atoms with E-state index < -0.39 is 5.60 Å². The zero-order valence-corrected chi connectivity index (χ0v) is 13.3.